The normalized spacial score (nSPS) is 19.4. The second-order valence-corrected chi connectivity index (χ2v) is 10.8. The number of carbonyl (C=O) groups excluding carboxylic acids is 2. The Labute approximate surface area is 195 Å². The Kier molecular flexibility index (Phi) is 6.59. The van der Waals surface area contributed by atoms with E-state index in [9.17, 15) is 18.0 Å². The number of hydrogen-bond donors (Lipinski definition) is 1. The molecule has 2 aromatic carbocycles. The third-order valence-corrected chi connectivity index (χ3v) is 8.62. The van der Waals surface area contributed by atoms with Crippen molar-refractivity contribution in [3.8, 4) is 0 Å². The highest BCUT2D eigenvalue weighted by Gasteiger charge is 2.34. The fourth-order valence-electron chi connectivity index (χ4n) is 4.94. The van der Waals surface area contributed by atoms with Crippen LogP contribution in [0.3, 0.4) is 0 Å². The van der Waals surface area contributed by atoms with Crippen LogP contribution in [0.15, 0.2) is 47.4 Å². The molecule has 1 atom stereocenters. The molecule has 0 aromatic heterocycles. The number of hydrogen-bond acceptors (Lipinski definition) is 4. The SMILES string of the molecule is CCc1ccccc1NC(=O)C1CCN(S(=O)(=O)c2ccc3c(c2)CC(C)N3C(C)=O)CC1. The molecule has 0 bridgehead atoms. The summed E-state index contributed by atoms with van der Waals surface area (Å²) in [5, 5.41) is 3.02. The number of rotatable bonds is 5. The van der Waals surface area contributed by atoms with Gasteiger partial charge in [0, 0.05) is 43.3 Å². The predicted octanol–water partition coefficient (Wildman–Crippen LogP) is 3.59. The van der Waals surface area contributed by atoms with Crippen LogP contribution in [0.4, 0.5) is 11.4 Å². The molecule has 8 heteroatoms. The summed E-state index contributed by atoms with van der Waals surface area (Å²) in [5.74, 6) is -0.311. The molecule has 0 aliphatic carbocycles. The molecule has 1 unspecified atom stereocenters. The lowest BCUT2D eigenvalue weighted by Gasteiger charge is -2.31. The first-order chi connectivity index (χ1) is 15.7. The lowest BCUT2D eigenvalue weighted by molar-refractivity contribution is -0.121. The molecule has 0 spiro atoms. The van der Waals surface area contributed by atoms with Gasteiger partial charge in [0.25, 0.3) is 0 Å². The van der Waals surface area contributed by atoms with Crippen LogP contribution in [0.2, 0.25) is 0 Å². The minimum Gasteiger partial charge on any atom is -0.326 e. The summed E-state index contributed by atoms with van der Waals surface area (Å²) >= 11 is 0. The fraction of sp³-hybridized carbons (Fsp3) is 0.440. The van der Waals surface area contributed by atoms with Gasteiger partial charge in [0.2, 0.25) is 21.8 Å². The number of para-hydroxylation sites is 1. The summed E-state index contributed by atoms with van der Waals surface area (Å²) in [6.45, 7) is 6.15. The topological polar surface area (TPSA) is 86.8 Å². The number of carbonyl (C=O) groups is 2. The van der Waals surface area contributed by atoms with Gasteiger partial charge in [-0.15, -0.1) is 0 Å². The van der Waals surface area contributed by atoms with Gasteiger partial charge in [-0.05, 0) is 68.0 Å². The summed E-state index contributed by atoms with van der Waals surface area (Å²) < 4.78 is 28.0. The molecule has 2 heterocycles. The first-order valence-corrected chi connectivity index (χ1v) is 13.0. The molecule has 176 valence electrons. The molecule has 33 heavy (non-hydrogen) atoms. The lowest BCUT2D eigenvalue weighted by Crippen LogP contribution is -2.41. The number of benzene rings is 2. The molecule has 2 aromatic rings. The van der Waals surface area contributed by atoms with E-state index in [2.05, 4.69) is 5.32 Å². The molecular weight excluding hydrogens is 438 g/mol. The number of amides is 2. The number of sulfonamides is 1. The van der Waals surface area contributed by atoms with Gasteiger partial charge in [0.1, 0.15) is 0 Å². The highest BCUT2D eigenvalue weighted by atomic mass is 32.2. The van der Waals surface area contributed by atoms with Crippen molar-refractivity contribution in [2.45, 2.75) is 57.4 Å². The van der Waals surface area contributed by atoms with Crippen molar-refractivity contribution in [1.82, 2.24) is 4.31 Å². The van der Waals surface area contributed by atoms with Crippen molar-refractivity contribution in [2.24, 2.45) is 5.92 Å². The highest BCUT2D eigenvalue weighted by Crippen LogP contribution is 2.35. The second kappa shape index (κ2) is 9.27. The summed E-state index contributed by atoms with van der Waals surface area (Å²) in [4.78, 5) is 26.7. The maximum absolute atomic E-state index is 13.3. The number of nitrogens with one attached hydrogen (secondary N) is 1. The van der Waals surface area contributed by atoms with Crippen LogP contribution in [0.1, 0.15) is 44.7 Å². The predicted molar refractivity (Wildman–Crippen MR) is 129 cm³/mol. The molecule has 4 rings (SSSR count). The second-order valence-electron chi connectivity index (χ2n) is 8.91. The number of anilines is 2. The van der Waals surface area contributed by atoms with Gasteiger partial charge in [-0.2, -0.15) is 4.31 Å². The number of fused-ring (bicyclic) bond motifs is 1. The van der Waals surface area contributed by atoms with Crippen molar-refractivity contribution in [2.75, 3.05) is 23.3 Å². The van der Waals surface area contributed by atoms with E-state index in [0.29, 0.717) is 32.4 Å². The number of aryl methyl sites for hydroxylation is 1. The molecule has 0 radical (unpaired) electrons. The minimum absolute atomic E-state index is 0.0163. The molecule has 1 fully saturated rings. The van der Waals surface area contributed by atoms with E-state index in [4.69, 9.17) is 0 Å². The Balaban J connectivity index is 1.43. The standard InChI is InChI=1S/C25H31N3O4S/c1-4-19-7-5-6-8-23(19)26-25(30)20-11-13-27(14-12-20)33(31,32)22-9-10-24-21(16-22)15-17(2)28(24)18(3)29/h5-10,16-17,20H,4,11-15H2,1-3H3,(H,26,30). The van der Waals surface area contributed by atoms with Gasteiger partial charge in [0.05, 0.1) is 4.90 Å². The van der Waals surface area contributed by atoms with Crippen molar-refractivity contribution in [3.63, 3.8) is 0 Å². The van der Waals surface area contributed by atoms with E-state index in [1.807, 2.05) is 38.1 Å². The zero-order valence-electron chi connectivity index (χ0n) is 19.4. The molecule has 1 N–H and O–H groups in total. The van der Waals surface area contributed by atoms with Gasteiger partial charge in [-0.1, -0.05) is 25.1 Å². The van der Waals surface area contributed by atoms with E-state index in [1.165, 1.54) is 11.2 Å². The Hall–Kier alpha value is -2.71. The van der Waals surface area contributed by atoms with Gasteiger partial charge in [0.15, 0.2) is 0 Å². The molecular formula is C25H31N3O4S. The molecule has 2 aliphatic heterocycles. The van der Waals surface area contributed by atoms with Gasteiger partial charge in [-0.3, -0.25) is 9.59 Å². The average molecular weight is 470 g/mol. The highest BCUT2D eigenvalue weighted by molar-refractivity contribution is 7.89. The van der Waals surface area contributed by atoms with Crippen LogP contribution in [0.25, 0.3) is 0 Å². The van der Waals surface area contributed by atoms with Gasteiger partial charge >= 0.3 is 0 Å². The van der Waals surface area contributed by atoms with Gasteiger partial charge < -0.3 is 10.2 Å². The molecule has 0 saturated carbocycles. The van der Waals surface area contributed by atoms with Crippen molar-refractivity contribution in [1.29, 1.82) is 0 Å². The van der Waals surface area contributed by atoms with Crippen molar-refractivity contribution < 1.29 is 18.0 Å². The number of piperidine rings is 1. The van der Waals surface area contributed by atoms with E-state index in [-0.39, 0.29) is 28.7 Å². The zero-order valence-corrected chi connectivity index (χ0v) is 20.2. The third kappa shape index (κ3) is 4.54. The zero-order chi connectivity index (χ0) is 23.8. The van der Waals surface area contributed by atoms with E-state index in [1.54, 1.807) is 23.1 Å². The number of nitrogens with zero attached hydrogens (tertiary/aromatic N) is 2. The molecule has 1 saturated heterocycles. The van der Waals surface area contributed by atoms with Crippen molar-refractivity contribution in [3.05, 3.63) is 53.6 Å². The fourth-order valence-corrected chi connectivity index (χ4v) is 6.46. The van der Waals surface area contributed by atoms with Crippen LogP contribution in [0, 0.1) is 5.92 Å². The molecule has 2 amide bonds. The summed E-state index contributed by atoms with van der Waals surface area (Å²) in [6, 6.07) is 12.8. The van der Waals surface area contributed by atoms with Gasteiger partial charge in [-0.25, -0.2) is 8.42 Å². The van der Waals surface area contributed by atoms with Crippen LogP contribution in [-0.2, 0) is 32.5 Å². The summed E-state index contributed by atoms with van der Waals surface area (Å²) in [6.07, 6.45) is 2.44. The monoisotopic (exact) mass is 469 g/mol. The first kappa shape index (κ1) is 23.4. The average Bonchev–Trinajstić information content (AvgIpc) is 3.14. The molecule has 2 aliphatic rings. The Morgan fingerprint density at radius 2 is 1.79 bits per heavy atom. The Bertz CT molecular complexity index is 1170. The summed E-state index contributed by atoms with van der Waals surface area (Å²) in [7, 11) is -3.66. The van der Waals surface area contributed by atoms with Crippen molar-refractivity contribution >= 4 is 33.2 Å². The molecule has 7 nitrogen and oxygen atoms in total. The largest absolute Gasteiger partial charge is 0.326 e. The van der Waals surface area contributed by atoms with Crippen LogP contribution in [-0.4, -0.2) is 43.7 Å². The maximum Gasteiger partial charge on any atom is 0.243 e. The smallest absolute Gasteiger partial charge is 0.243 e. The maximum atomic E-state index is 13.3. The minimum atomic E-state index is -3.66. The van der Waals surface area contributed by atoms with Crippen LogP contribution >= 0.6 is 0 Å². The van der Waals surface area contributed by atoms with E-state index in [0.717, 1.165) is 28.9 Å². The third-order valence-electron chi connectivity index (χ3n) is 6.72. The van der Waals surface area contributed by atoms with Crippen LogP contribution in [0.5, 0.6) is 0 Å². The van der Waals surface area contributed by atoms with Crippen LogP contribution < -0.4 is 10.2 Å². The summed E-state index contributed by atoms with van der Waals surface area (Å²) in [5.41, 5.74) is 3.58. The lowest BCUT2D eigenvalue weighted by atomic mass is 9.97. The Morgan fingerprint density at radius 1 is 1.09 bits per heavy atom. The van der Waals surface area contributed by atoms with E-state index >= 15 is 0 Å². The van der Waals surface area contributed by atoms with E-state index < -0.39 is 10.0 Å². The Morgan fingerprint density at radius 3 is 2.45 bits per heavy atom. The quantitative estimate of drug-likeness (QED) is 0.725. The first-order valence-electron chi connectivity index (χ1n) is 11.5.